The number of nitro benzene ring substituents is 1. The second kappa shape index (κ2) is 7.48. The van der Waals surface area contributed by atoms with Gasteiger partial charge in [0.05, 0.1) is 16.1 Å². The van der Waals surface area contributed by atoms with Gasteiger partial charge in [-0.3, -0.25) is 19.9 Å². The second-order valence-corrected chi connectivity index (χ2v) is 5.35. The van der Waals surface area contributed by atoms with Gasteiger partial charge in [-0.05, 0) is 30.5 Å². The highest BCUT2D eigenvalue weighted by Gasteiger charge is 2.38. The number of carbonyl (C=O) groups is 1. The summed E-state index contributed by atoms with van der Waals surface area (Å²) in [5.41, 5.74) is -3.19. The summed E-state index contributed by atoms with van der Waals surface area (Å²) in [7, 11) is 0. The fourth-order valence-corrected chi connectivity index (χ4v) is 2.29. The number of hydrogen-bond acceptors (Lipinski definition) is 6. The van der Waals surface area contributed by atoms with Crippen LogP contribution in [0.15, 0.2) is 30.5 Å². The molecule has 0 saturated heterocycles. The van der Waals surface area contributed by atoms with Gasteiger partial charge in [0.2, 0.25) is 0 Å². The fourth-order valence-electron chi connectivity index (χ4n) is 2.29. The number of aromatic nitrogens is 1. The van der Waals surface area contributed by atoms with Crippen LogP contribution in [0.2, 0.25) is 0 Å². The average Bonchev–Trinajstić information content (AvgIpc) is 2.58. The van der Waals surface area contributed by atoms with Crippen LogP contribution in [0, 0.1) is 10.1 Å². The van der Waals surface area contributed by atoms with Gasteiger partial charge in [-0.1, -0.05) is 0 Å². The minimum Gasteiger partial charge on any atom is -0.507 e. The van der Waals surface area contributed by atoms with Crippen LogP contribution in [0.1, 0.15) is 33.6 Å². The van der Waals surface area contributed by atoms with Crippen LogP contribution < -0.4 is 0 Å². The smallest absolute Gasteiger partial charge is 0.434 e. The molecule has 0 amide bonds. The van der Waals surface area contributed by atoms with Gasteiger partial charge in [-0.15, -0.1) is 0 Å². The summed E-state index contributed by atoms with van der Waals surface area (Å²) in [4.78, 5) is 25.8. The maximum Gasteiger partial charge on any atom is 0.434 e. The summed E-state index contributed by atoms with van der Waals surface area (Å²) in [6, 6.07) is 3.46. The lowest BCUT2D eigenvalue weighted by molar-refractivity contribution is -0.384. The number of rotatable bonds is 6. The molecule has 2 aromatic rings. The summed E-state index contributed by atoms with van der Waals surface area (Å²) in [6.07, 6.45) is -3.55. The van der Waals surface area contributed by atoms with Crippen molar-refractivity contribution in [2.45, 2.75) is 19.0 Å². The Labute approximate surface area is 144 Å². The Hall–Kier alpha value is -3.01. The Balaban J connectivity index is 2.59. The van der Waals surface area contributed by atoms with Gasteiger partial charge in [0.1, 0.15) is 5.75 Å². The molecular weight excluding hydrogens is 357 g/mol. The van der Waals surface area contributed by atoms with E-state index in [2.05, 4.69) is 4.98 Å². The quantitative estimate of drug-likeness (QED) is 0.459. The van der Waals surface area contributed by atoms with E-state index < -0.39 is 45.1 Å². The zero-order valence-electron chi connectivity index (χ0n) is 13.2. The minimum atomic E-state index is -4.93. The van der Waals surface area contributed by atoms with E-state index in [1.165, 1.54) is 0 Å². The van der Waals surface area contributed by atoms with Crippen LogP contribution in [0.4, 0.5) is 18.9 Å². The van der Waals surface area contributed by atoms with Crippen molar-refractivity contribution in [3.8, 4) is 5.75 Å². The number of ketones is 1. The first-order valence-electron chi connectivity index (χ1n) is 7.34. The largest absolute Gasteiger partial charge is 0.507 e. The van der Waals surface area contributed by atoms with Crippen molar-refractivity contribution >= 4 is 11.5 Å². The second-order valence-electron chi connectivity index (χ2n) is 5.35. The molecule has 1 heterocycles. The number of non-ortho nitro benzene ring substituents is 1. The number of aryl methyl sites for hydroxylation is 1. The predicted molar refractivity (Wildman–Crippen MR) is 82.8 cm³/mol. The number of alkyl halides is 3. The number of aromatic hydroxyl groups is 1. The molecule has 1 aromatic heterocycles. The van der Waals surface area contributed by atoms with Gasteiger partial charge in [0.25, 0.3) is 5.69 Å². The molecule has 0 bridgehead atoms. The van der Waals surface area contributed by atoms with Crippen molar-refractivity contribution in [3.63, 3.8) is 0 Å². The van der Waals surface area contributed by atoms with Crippen LogP contribution in [-0.2, 0) is 12.6 Å². The number of aliphatic hydroxyl groups excluding tert-OH is 1. The highest BCUT2D eigenvalue weighted by atomic mass is 19.4. The number of phenolic OH excluding ortho intramolecular Hbond substituents is 1. The number of hydrogen-bond donors (Lipinski definition) is 2. The van der Waals surface area contributed by atoms with Crippen molar-refractivity contribution in [1.82, 2.24) is 4.98 Å². The molecule has 0 spiro atoms. The first kappa shape index (κ1) is 19.3. The van der Waals surface area contributed by atoms with Gasteiger partial charge in [-0.25, -0.2) is 0 Å². The number of nitrogens with zero attached hydrogens (tertiary/aromatic N) is 2. The molecule has 0 aliphatic heterocycles. The molecule has 138 valence electrons. The van der Waals surface area contributed by atoms with Crippen LogP contribution in [0.25, 0.3) is 0 Å². The highest BCUT2D eigenvalue weighted by molar-refractivity contribution is 6.11. The normalized spacial score (nSPS) is 11.4. The molecule has 0 saturated carbocycles. The molecule has 7 nitrogen and oxygen atoms in total. The molecule has 0 aliphatic carbocycles. The average molecular weight is 370 g/mol. The van der Waals surface area contributed by atoms with Crippen LogP contribution >= 0.6 is 0 Å². The number of benzene rings is 1. The lowest BCUT2D eigenvalue weighted by atomic mass is 9.98. The summed E-state index contributed by atoms with van der Waals surface area (Å²) in [5, 5.41) is 29.4. The summed E-state index contributed by atoms with van der Waals surface area (Å²) in [5.74, 6) is -1.92. The van der Waals surface area contributed by atoms with Crippen molar-refractivity contribution in [2.75, 3.05) is 6.61 Å². The van der Waals surface area contributed by atoms with E-state index in [-0.39, 0.29) is 25.0 Å². The predicted octanol–water partition coefficient (Wildman–Crippen LogP) is 2.87. The number of phenols is 1. The maximum absolute atomic E-state index is 13.2. The maximum atomic E-state index is 13.2. The van der Waals surface area contributed by atoms with Crippen molar-refractivity contribution in [3.05, 3.63) is 63.0 Å². The molecule has 10 heteroatoms. The van der Waals surface area contributed by atoms with Crippen LogP contribution in [0.5, 0.6) is 5.75 Å². The molecule has 0 atom stereocenters. The van der Waals surface area contributed by atoms with Crippen molar-refractivity contribution in [1.29, 1.82) is 0 Å². The van der Waals surface area contributed by atoms with E-state index in [4.69, 9.17) is 5.11 Å². The van der Waals surface area contributed by atoms with Gasteiger partial charge < -0.3 is 10.2 Å². The third-order valence-electron chi connectivity index (χ3n) is 3.52. The van der Waals surface area contributed by atoms with E-state index in [1.807, 2.05) is 0 Å². The molecular formula is C16H13F3N2O5. The Bertz CT molecular complexity index is 852. The zero-order valence-corrected chi connectivity index (χ0v) is 13.2. The Morgan fingerprint density at radius 1 is 1.23 bits per heavy atom. The van der Waals surface area contributed by atoms with Gasteiger partial charge in [0.15, 0.2) is 11.5 Å². The first-order valence-corrected chi connectivity index (χ1v) is 7.34. The van der Waals surface area contributed by atoms with E-state index in [0.29, 0.717) is 6.07 Å². The molecule has 2 rings (SSSR count). The summed E-state index contributed by atoms with van der Waals surface area (Å²) >= 11 is 0. The van der Waals surface area contributed by atoms with Gasteiger partial charge in [-0.2, -0.15) is 13.2 Å². The van der Waals surface area contributed by atoms with E-state index in [0.717, 1.165) is 24.4 Å². The SMILES string of the molecule is O=C(c1cc([N+](=O)[O-])ccc1O)c1cc(CCCO)cnc1C(F)(F)F. The summed E-state index contributed by atoms with van der Waals surface area (Å²) < 4.78 is 39.6. The number of carbonyl (C=O) groups excluding carboxylic acids is 1. The molecule has 0 radical (unpaired) electrons. The third kappa shape index (κ3) is 4.14. The number of halogens is 3. The molecule has 0 fully saturated rings. The van der Waals surface area contributed by atoms with Gasteiger partial charge in [0, 0.05) is 24.9 Å². The molecule has 0 aliphatic rings. The molecule has 1 aromatic carbocycles. The Kier molecular flexibility index (Phi) is 5.56. The molecule has 26 heavy (non-hydrogen) atoms. The molecule has 2 N–H and O–H groups in total. The van der Waals surface area contributed by atoms with Crippen molar-refractivity contribution in [2.24, 2.45) is 0 Å². The fraction of sp³-hybridized carbons (Fsp3) is 0.250. The van der Waals surface area contributed by atoms with Crippen molar-refractivity contribution < 1.29 is 33.1 Å². The lowest BCUT2D eigenvalue weighted by Gasteiger charge is -2.13. The minimum absolute atomic E-state index is 0.183. The van der Waals surface area contributed by atoms with E-state index in [1.54, 1.807) is 0 Å². The number of aliphatic hydroxyl groups is 1. The zero-order chi connectivity index (χ0) is 19.5. The van der Waals surface area contributed by atoms with Crippen LogP contribution in [-0.4, -0.2) is 32.5 Å². The van der Waals surface area contributed by atoms with E-state index >= 15 is 0 Å². The molecule has 0 unspecified atom stereocenters. The lowest BCUT2D eigenvalue weighted by Crippen LogP contribution is -2.17. The number of pyridine rings is 1. The monoisotopic (exact) mass is 370 g/mol. The number of nitro groups is 1. The standard InChI is InChI=1S/C16H13F3N2O5/c17-16(18,19)15-12(6-9(8-20-15)2-1-5-22)14(24)11-7-10(21(25)26)3-4-13(11)23/h3-4,6-8,22-23H,1-2,5H2. The van der Waals surface area contributed by atoms with Crippen LogP contribution in [0.3, 0.4) is 0 Å². The van der Waals surface area contributed by atoms with Gasteiger partial charge >= 0.3 is 6.18 Å². The highest BCUT2D eigenvalue weighted by Crippen LogP contribution is 2.34. The third-order valence-corrected chi connectivity index (χ3v) is 3.52. The first-order chi connectivity index (χ1) is 12.1. The Morgan fingerprint density at radius 2 is 1.92 bits per heavy atom. The van der Waals surface area contributed by atoms with E-state index in [9.17, 15) is 33.2 Å². The Morgan fingerprint density at radius 3 is 2.50 bits per heavy atom. The summed E-state index contributed by atoms with van der Waals surface area (Å²) in [6.45, 7) is -0.198. The topological polar surface area (TPSA) is 114 Å².